The van der Waals surface area contributed by atoms with E-state index in [1.165, 1.54) is 6.07 Å². The molecule has 110 valence electrons. The van der Waals surface area contributed by atoms with Crippen molar-refractivity contribution in [2.24, 2.45) is 0 Å². The van der Waals surface area contributed by atoms with E-state index in [1.54, 1.807) is 24.0 Å². The second kappa shape index (κ2) is 5.20. The number of para-hydroxylation sites is 1. The van der Waals surface area contributed by atoms with E-state index in [9.17, 15) is 14.0 Å². The Labute approximate surface area is 120 Å². The van der Waals surface area contributed by atoms with E-state index in [-0.39, 0.29) is 29.6 Å². The summed E-state index contributed by atoms with van der Waals surface area (Å²) in [6.45, 7) is 2.91. The summed E-state index contributed by atoms with van der Waals surface area (Å²) in [5.74, 6) is -0.718. The van der Waals surface area contributed by atoms with Gasteiger partial charge in [-0.05, 0) is 13.0 Å². The number of benzene rings is 1. The van der Waals surface area contributed by atoms with Crippen molar-refractivity contribution in [3.05, 3.63) is 35.3 Å². The molecule has 0 bridgehead atoms. The molecule has 1 aromatic heterocycles. The SMILES string of the molecule is Cc1c(C(=O)N2CCNC(=O)CC2)oc2c(F)cccc12. The topological polar surface area (TPSA) is 62.6 Å². The fourth-order valence-corrected chi connectivity index (χ4v) is 2.53. The van der Waals surface area contributed by atoms with Gasteiger partial charge in [-0.15, -0.1) is 0 Å². The maximum absolute atomic E-state index is 13.7. The van der Waals surface area contributed by atoms with Crippen LogP contribution in [0.3, 0.4) is 0 Å². The monoisotopic (exact) mass is 290 g/mol. The Morgan fingerprint density at radius 1 is 1.38 bits per heavy atom. The highest BCUT2D eigenvalue weighted by molar-refractivity contribution is 5.99. The minimum absolute atomic E-state index is 0.0716. The molecule has 0 atom stereocenters. The minimum Gasteiger partial charge on any atom is -0.448 e. The van der Waals surface area contributed by atoms with Crippen LogP contribution in [-0.2, 0) is 4.79 Å². The molecule has 21 heavy (non-hydrogen) atoms. The van der Waals surface area contributed by atoms with Crippen LogP contribution < -0.4 is 5.32 Å². The number of fused-ring (bicyclic) bond motifs is 1. The number of nitrogens with one attached hydrogen (secondary N) is 1. The van der Waals surface area contributed by atoms with Crippen molar-refractivity contribution in [3.63, 3.8) is 0 Å². The van der Waals surface area contributed by atoms with Crippen LogP contribution in [0.2, 0.25) is 0 Å². The third-order valence-electron chi connectivity index (χ3n) is 3.71. The summed E-state index contributed by atoms with van der Waals surface area (Å²) in [6, 6.07) is 4.61. The number of rotatable bonds is 1. The Balaban J connectivity index is 1.96. The second-order valence-corrected chi connectivity index (χ2v) is 5.06. The Kier molecular flexibility index (Phi) is 3.37. The van der Waals surface area contributed by atoms with Crippen LogP contribution in [0.1, 0.15) is 22.5 Å². The van der Waals surface area contributed by atoms with Crippen LogP contribution in [0, 0.1) is 12.7 Å². The summed E-state index contributed by atoms with van der Waals surface area (Å²) in [4.78, 5) is 25.4. The first-order valence-electron chi connectivity index (χ1n) is 6.81. The molecule has 0 saturated carbocycles. The van der Waals surface area contributed by atoms with Crippen LogP contribution in [0.5, 0.6) is 0 Å². The zero-order chi connectivity index (χ0) is 15.0. The van der Waals surface area contributed by atoms with Gasteiger partial charge in [-0.25, -0.2) is 4.39 Å². The quantitative estimate of drug-likeness (QED) is 0.871. The molecule has 0 aliphatic carbocycles. The molecule has 2 heterocycles. The summed E-state index contributed by atoms with van der Waals surface area (Å²) < 4.78 is 19.2. The third kappa shape index (κ3) is 2.37. The van der Waals surface area contributed by atoms with Gasteiger partial charge in [0.2, 0.25) is 5.91 Å². The lowest BCUT2D eigenvalue weighted by molar-refractivity contribution is -0.120. The van der Waals surface area contributed by atoms with E-state index in [2.05, 4.69) is 5.32 Å². The van der Waals surface area contributed by atoms with Crippen molar-refractivity contribution < 1.29 is 18.4 Å². The van der Waals surface area contributed by atoms with Crippen LogP contribution >= 0.6 is 0 Å². The largest absolute Gasteiger partial charge is 0.448 e. The predicted octanol–water partition coefficient (Wildman–Crippen LogP) is 1.84. The molecule has 1 aliphatic rings. The first-order chi connectivity index (χ1) is 10.1. The number of carbonyl (C=O) groups is 2. The van der Waals surface area contributed by atoms with Gasteiger partial charge in [0, 0.05) is 37.0 Å². The molecule has 2 aromatic rings. The summed E-state index contributed by atoms with van der Waals surface area (Å²) in [5.41, 5.74) is 0.723. The number of aryl methyl sites for hydroxylation is 1. The molecule has 6 heteroatoms. The summed E-state index contributed by atoms with van der Waals surface area (Å²) in [6.07, 6.45) is 0.263. The molecule has 1 N–H and O–H groups in total. The summed E-state index contributed by atoms with van der Waals surface area (Å²) in [5, 5.41) is 3.31. The van der Waals surface area contributed by atoms with Gasteiger partial charge >= 0.3 is 0 Å². The lowest BCUT2D eigenvalue weighted by Crippen LogP contribution is -2.34. The lowest BCUT2D eigenvalue weighted by atomic mass is 10.1. The number of nitrogens with zero attached hydrogens (tertiary/aromatic N) is 1. The van der Waals surface area contributed by atoms with Crippen molar-refractivity contribution in [2.45, 2.75) is 13.3 Å². The number of hydrogen-bond donors (Lipinski definition) is 1. The smallest absolute Gasteiger partial charge is 0.289 e. The maximum atomic E-state index is 13.7. The van der Waals surface area contributed by atoms with Gasteiger partial charge in [0.1, 0.15) is 0 Å². The zero-order valence-corrected chi connectivity index (χ0v) is 11.6. The molecular weight excluding hydrogens is 275 g/mol. The summed E-state index contributed by atoms with van der Waals surface area (Å²) >= 11 is 0. The van der Waals surface area contributed by atoms with Crippen molar-refractivity contribution in [2.75, 3.05) is 19.6 Å². The molecule has 0 spiro atoms. The average molecular weight is 290 g/mol. The van der Waals surface area contributed by atoms with E-state index in [0.29, 0.717) is 30.6 Å². The highest BCUT2D eigenvalue weighted by atomic mass is 19.1. The number of amides is 2. The molecular formula is C15H15FN2O3. The first-order valence-corrected chi connectivity index (χ1v) is 6.81. The number of furan rings is 1. The van der Waals surface area contributed by atoms with E-state index < -0.39 is 5.82 Å². The van der Waals surface area contributed by atoms with Gasteiger partial charge < -0.3 is 14.6 Å². The zero-order valence-electron chi connectivity index (χ0n) is 11.6. The van der Waals surface area contributed by atoms with Crippen LogP contribution in [0.15, 0.2) is 22.6 Å². The minimum atomic E-state index is -0.484. The van der Waals surface area contributed by atoms with E-state index in [4.69, 9.17) is 4.42 Å². The molecule has 1 fully saturated rings. The van der Waals surface area contributed by atoms with E-state index in [1.807, 2.05) is 0 Å². The maximum Gasteiger partial charge on any atom is 0.289 e. The first kappa shape index (κ1) is 13.6. The third-order valence-corrected chi connectivity index (χ3v) is 3.71. The molecule has 1 aliphatic heterocycles. The second-order valence-electron chi connectivity index (χ2n) is 5.06. The van der Waals surface area contributed by atoms with Gasteiger partial charge in [0.05, 0.1) is 0 Å². The van der Waals surface area contributed by atoms with Crippen molar-refractivity contribution >= 4 is 22.8 Å². The van der Waals surface area contributed by atoms with Gasteiger partial charge in [-0.1, -0.05) is 12.1 Å². The Morgan fingerprint density at radius 2 is 2.19 bits per heavy atom. The molecule has 0 unspecified atom stereocenters. The van der Waals surface area contributed by atoms with Gasteiger partial charge in [0.25, 0.3) is 5.91 Å². The van der Waals surface area contributed by atoms with Crippen LogP contribution in [0.4, 0.5) is 4.39 Å². The van der Waals surface area contributed by atoms with Gasteiger partial charge in [-0.2, -0.15) is 0 Å². The number of carbonyl (C=O) groups excluding carboxylic acids is 2. The van der Waals surface area contributed by atoms with Crippen molar-refractivity contribution in [1.82, 2.24) is 10.2 Å². The molecule has 3 rings (SSSR count). The fraction of sp³-hybridized carbons (Fsp3) is 0.333. The van der Waals surface area contributed by atoms with Crippen LogP contribution in [-0.4, -0.2) is 36.3 Å². The van der Waals surface area contributed by atoms with Crippen molar-refractivity contribution in [1.29, 1.82) is 0 Å². The highest BCUT2D eigenvalue weighted by Crippen LogP contribution is 2.28. The Hall–Kier alpha value is -2.37. The fourth-order valence-electron chi connectivity index (χ4n) is 2.53. The van der Waals surface area contributed by atoms with E-state index >= 15 is 0 Å². The average Bonchev–Trinajstić information content (AvgIpc) is 2.66. The summed E-state index contributed by atoms with van der Waals surface area (Å²) in [7, 11) is 0. The number of hydrogen-bond acceptors (Lipinski definition) is 3. The number of halogens is 1. The van der Waals surface area contributed by atoms with Crippen LogP contribution in [0.25, 0.3) is 11.0 Å². The lowest BCUT2D eigenvalue weighted by Gasteiger charge is -2.18. The highest BCUT2D eigenvalue weighted by Gasteiger charge is 2.25. The molecule has 1 saturated heterocycles. The molecule has 5 nitrogen and oxygen atoms in total. The van der Waals surface area contributed by atoms with Crippen molar-refractivity contribution in [3.8, 4) is 0 Å². The van der Waals surface area contributed by atoms with Gasteiger partial charge in [-0.3, -0.25) is 9.59 Å². The normalized spacial score (nSPS) is 15.9. The Bertz CT molecular complexity index is 723. The molecule has 1 aromatic carbocycles. The van der Waals surface area contributed by atoms with Gasteiger partial charge in [0.15, 0.2) is 17.2 Å². The molecule has 2 amide bonds. The standard InChI is InChI=1S/C15H15FN2O3/c1-9-10-3-2-4-11(16)14(10)21-13(9)15(20)18-7-5-12(19)17-6-8-18/h2-4H,5-8H2,1H3,(H,17,19). The molecule has 0 radical (unpaired) electrons. The Morgan fingerprint density at radius 3 is 2.95 bits per heavy atom. The van der Waals surface area contributed by atoms with E-state index in [0.717, 1.165) is 0 Å². The predicted molar refractivity (Wildman–Crippen MR) is 74.4 cm³/mol.